The zero-order valence-corrected chi connectivity index (χ0v) is 17.9. The second kappa shape index (κ2) is 8.30. The predicted molar refractivity (Wildman–Crippen MR) is 114 cm³/mol. The van der Waals surface area contributed by atoms with Crippen LogP contribution in [0.25, 0.3) is 11.4 Å². The second-order valence-electron chi connectivity index (χ2n) is 8.61. The van der Waals surface area contributed by atoms with E-state index in [1.807, 2.05) is 25.5 Å². The van der Waals surface area contributed by atoms with Crippen LogP contribution >= 0.6 is 11.6 Å². The summed E-state index contributed by atoms with van der Waals surface area (Å²) in [5.41, 5.74) is 1.76. The third-order valence-corrected chi connectivity index (χ3v) is 6.64. The van der Waals surface area contributed by atoms with E-state index in [1.54, 1.807) is 6.20 Å². The predicted octanol–water partition coefficient (Wildman–Crippen LogP) is 3.63. The molecule has 2 aromatic rings. The number of carbonyl (C=O) groups excluding carboxylic acids is 1. The van der Waals surface area contributed by atoms with Crippen molar-refractivity contribution >= 4 is 23.5 Å². The van der Waals surface area contributed by atoms with Gasteiger partial charge in [-0.25, -0.2) is 15.0 Å². The Labute approximate surface area is 176 Å². The number of rotatable bonds is 5. The summed E-state index contributed by atoms with van der Waals surface area (Å²) in [6, 6.07) is 2.37. The summed E-state index contributed by atoms with van der Waals surface area (Å²) < 4.78 is 2.08. The van der Waals surface area contributed by atoms with Crippen LogP contribution in [0.3, 0.4) is 0 Å². The maximum Gasteiger partial charge on any atom is 0.225 e. The molecular formula is C21H29ClN6O. The van der Waals surface area contributed by atoms with Crippen molar-refractivity contribution in [1.29, 1.82) is 0 Å². The zero-order valence-electron chi connectivity index (χ0n) is 17.2. The average Bonchev–Trinajstić information content (AvgIpc) is 3.18. The first kappa shape index (κ1) is 20.1. The van der Waals surface area contributed by atoms with Crippen molar-refractivity contribution < 1.29 is 4.79 Å². The molecule has 1 aliphatic heterocycles. The monoisotopic (exact) mass is 416 g/mol. The molecule has 0 spiro atoms. The van der Waals surface area contributed by atoms with Crippen LogP contribution in [0.4, 0.5) is 5.95 Å². The third-order valence-electron chi connectivity index (χ3n) is 6.24. The molecule has 8 heteroatoms. The van der Waals surface area contributed by atoms with Gasteiger partial charge < -0.3 is 15.2 Å². The van der Waals surface area contributed by atoms with Gasteiger partial charge >= 0.3 is 0 Å². The van der Waals surface area contributed by atoms with Crippen molar-refractivity contribution in [3.05, 3.63) is 24.8 Å². The number of amides is 1. The molecular weight excluding hydrogens is 388 g/mol. The lowest BCUT2D eigenvalue weighted by Crippen LogP contribution is -2.55. The first-order valence-electron chi connectivity index (χ1n) is 10.5. The summed E-state index contributed by atoms with van der Waals surface area (Å²) in [6.07, 6.45) is 9.16. The number of aromatic nitrogens is 4. The van der Waals surface area contributed by atoms with Crippen LogP contribution in [0.1, 0.15) is 52.5 Å². The van der Waals surface area contributed by atoms with Crippen LogP contribution in [0.5, 0.6) is 0 Å². The fourth-order valence-electron chi connectivity index (χ4n) is 4.60. The number of nitrogens with one attached hydrogen (secondary N) is 2. The molecule has 1 saturated carbocycles. The first-order chi connectivity index (χ1) is 13.9. The van der Waals surface area contributed by atoms with Crippen molar-refractivity contribution in [2.75, 3.05) is 5.32 Å². The van der Waals surface area contributed by atoms with Gasteiger partial charge in [-0.15, -0.1) is 11.6 Å². The Balaban J connectivity index is 1.48. The van der Waals surface area contributed by atoms with E-state index in [4.69, 9.17) is 11.6 Å². The molecule has 4 rings (SSSR count). The summed E-state index contributed by atoms with van der Waals surface area (Å²) in [4.78, 5) is 26.0. The van der Waals surface area contributed by atoms with E-state index in [1.165, 1.54) is 0 Å². The SMILES string of the molecule is CC(C)n1cncc1-c1ccnc(N[C@@H](C)C2CC3CC(Cl)CCC3NC2=O)n1. The zero-order chi connectivity index (χ0) is 20.5. The number of nitrogens with zero attached hydrogens (tertiary/aromatic N) is 4. The highest BCUT2D eigenvalue weighted by Crippen LogP contribution is 2.36. The quantitative estimate of drug-likeness (QED) is 0.727. The molecule has 0 aromatic carbocycles. The van der Waals surface area contributed by atoms with Gasteiger partial charge in [0.15, 0.2) is 0 Å². The number of piperidine rings is 1. The van der Waals surface area contributed by atoms with Crippen LogP contribution in [0.15, 0.2) is 24.8 Å². The average molecular weight is 417 g/mol. The number of fused-ring (bicyclic) bond motifs is 1. The summed E-state index contributed by atoms with van der Waals surface area (Å²) in [6.45, 7) is 6.25. The molecule has 0 bridgehead atoms. The molecule has 7 nitrogen and oxygen atoms in total. The van der Waals surface area contributed by atoms with Gasteiger partial charge in [-0.3, -0.25) is 4.79 Å². The number of hydrogen-bond acceptors (Lipinski definition) is 5. The summed E-state index contributed by atoms with van der Waals surface area (Å²) in [7, 11) is 0. The number of imidazole rings is 1. The summed E-state index contributed by atoms with van der Waals surface area (Å²) in [5, 5.41) is 6.80. The first-order valence-corrected chi connectivity index (χ1v) is 10.9. The smallest absolute Gasteiger partial charge is 0.225 e. The number of alkyl halides is 1. The van der Waals surface area contributed by atoms with Gasteiger partial charge in [0.05, 0.1) is 29.8 Å². The molecule has 29 heavy (non-hydrogen) atoms. The van der Waals surface area contributed by atoms with Gasteiger partial charge in [0.2, 0.25) is 11.9 Å². The fourth-order valence-corrected chi connectivity index (χ4v) is 4.96. The maximum absolute atomic E-state index is 12.7. The van der Waals surface area contributed by atoms with E-state index in [-0.39, 0.29) is 35.3 Å². The van der Waals surface area contributed by atoms with Crippen molar-refractivity contribution in [3.63, 3.8) is 0 Å². The molecule has 5 atom stereocenters. The van der Waals surface area contributed by atoms with Crippen LogP contribution in [0, 0.1) is 11.8 Å². The lowest BCUT2D eigenvalue weighted by Gasteiger charge is -2.42. The van der Waals surface area contributed by atoms with E-state index >= 15 is 0 Å². The number of anilines is 1. The Morgan fingerprint density at radius 2 is 2.10 bits per heavy atom. The normalized spacial score (nSPS) is 28.0. The van der Waals surface area contributed by atoms with Crippen LogP contribution < -0.4 is 10.6 Å². The van der Waals surface area contributed by atoms with E-state index in [9.17, 15) is 4.79 Å². The third kappa shape index (κ3) is 4.25. The summed E-state index contributed by atoms with van der Waals surface area (Å²) >= 11 is 6.38. The Morgan fingerprint density at radius 1 is 1.28 bits per heavy atom. The fraction of sp³-hybridized carbons (Fsp3) is 0.619. The van der Waals surface area contributed by atoms with Gasteiger partial charge in [0.1, 0.15) is 0 Å². The number of carbonyl (C=O) groups is 1. The molecule has 0 radical (unpaired) electrons. The molecule has 156 valence electrons. The molecule has 2 aliphatic rings. The van der Waals surface area contributed by atoms with Crippen LogP contribution in [-0.2, 0) is 4.79 Å². The topological polar surface area (TPSA) is 84.7 Å². The largest absolute Gasteiger partial charge is 0.353 e. The van der Waals surface area contributed by atoms with Gasteiger partial charge in [0.25, 0.3) is 0 Å². The minimum Gasteiger partial charge on any atom is -0.353 e. The Bertz CT molecular complexity index is 868. The highest BCUT2D eigenvalue weighted by Gasteiger charge is 2.41. The molecule has 2 aromatic heterocycles. The lowest BCUT2D eigenvalue weighted by molar-refractivity contribution is -0.130. The molecule has 3 heterocycles. The summed E-state index contributed by atoms with van der Waals surface area (Å²) in [5.74, 6) is 0.978. The number of hydrogen-bond donors (Lipinski definition) is 2. The molecule has 1 aliphatic carbocycles. The van der Waals surface area contributed by atoms with Crippen molar-refractivity contribution in [2.45, 2.75) is 70.0 Å². The lowest BCUT2D eigenvalue weighted by atomic mass is 9.74. The standard InChI is InChI=1S/C21H29ClN6O/c1-12(2)28-11-23-10-19(28)18-6-7-24-21(27-18)25-13(3)16-9-14-8-15(22)4-5-17(14)26-20(16)29/h6-7,10-17H,4-5,8-9H2,1-3H3,(H,26,29)(H,24,25,27)/t13-,14?,15?,16?,17?/m0/s1. The van der Waals surface area contributed by atoms with E-state index in [2.05, 4.69) is 44.0 Å². The molecule has 4 unspecified atom stereocenters. The number of halogens is 1. The maximum atomic E-state index is 12.7. The van der Waals surface area contributed by atoms with E-state index in [0.717, 1.165) is 37.1 Å². The van der Waals surface area contributed by atoms with E-state index < -0.39 is 0 Å². The van der Waals surface area contributed by atoms with Crippen molar-refractivity contribution in [2.24, 2.45) is 11.8 Å². The van der Waals surface area contributed by atoms with Crippen molar-refractivity contribution in [1.82, 2.24) is 24.8 Å². The Kier molecular flexibility index (Phi) is 5.76. The van der Waals surface area contributed by atoms with Gasteiger partial charge in [-0.2, -0.15) is 0 Å². The highest BCUT2D eigenvalue weighted by molar-refractivity contribution is 6.20. The molecule has 2 N–H and O–H groups in total. The van der Waals surface area contributed by atoms with Gasteiger partial charge in [-0.05, 0) is 58.4 Å². The van der Waals surface area contributed by atoms with Crippen LogP contribution in [0.2, 0.25) is 0 Å². The molecule has 2 fully saturated rings. The van der Waals surface area contributed by atoms with Crippen molar-refractivity contribution in [3.8, 4) is 11.4 Å². The second-order valence-corrected chi connectivity index (χ2v) is 9.22. The van der Waals surface area contributed by atoms with E-state index in [0.29, 0.717) is 11.9 Å². The van der Waals surface area contributed by atoms with Gasteiger partial charge in [0, 0.05) is 29.7 Å². The Morgan fingerprint density at radius 3 is 2.90 bits per heavy atom. The minimum absolute atomic E-state index is 0.0723. The van der Waals surface area contributed by atoms with Crippen LogP contribution in [-0.4, -0.2) is 42.9 Å². The van der Waals surface area contributed by atoms with Gasteiger partial charge in [-0.1, -0.05) is 0 Å². The molecule has 1 amide bonds. The molecule has 1 saturated heterocycles. The minimum atomic E-state index is -0.119. The Hall–Kier alpha value is -2.15. The highest BCUT2D eigenvalue weighted by atomic mass is 35.5.